The molecule has 0 aliphatic carbocycles. The fraction of sp³-hybridized carbons (Fsp3) is 0.0270. The van der Waals surface area contributed by atoms with E-state index in [-0.39, 0.29) is 22.3 Å². The molecule has 548 valence electrons. The van der Waals surface area contributed by atoms with Crippen LogP contribution < -0.4 is 0 Å². The molecule has 4 heterocycles. The zero-order valence-electron chi connectivity index (χ0n) is 61.4. The first-order valence-electron chi connectivity index (χ1n) is 38.5. The van der Waals surface area contributed by atoms with Gasteiger partial charge >= 0.3 is 0 Å². The summed E-state index contributed by atoms with van der Waals surface area (Å²) in [5.41, 5.74) is 33.6. The van der Waals surface area contributed by atoms with Gasteiger partial charge < -0.3 is 18.3 Å². The van der Waals surface area contributed by atoms with Crippen molar-refractivity contribution >= 4 is 87.2 Å². The number of fused-ring (bicyclic) bond motifs is 12. The molecule has 0 unspecified atom stereocenters. The fourth-order valence-electron chi connectivity index (χ4n) is 17.2. The van der Waals surface area contributed by atoms with Gasteiger partial charge in [-0.25, -0.2) is 0 Å². The Labute approximate surface area is 671 Å². The Bertz CT molecular complexity index is 7220. The maximum atomic E-state index is 2.44. The standard InChI is InChI=1S/2C54H36N2.3CH4/c1-4-14-37(15-5-1)40-24-28-45(29-25-40)55-51-22-12-10-20-47(51)49-35-41(26-30-53(49)55)42-27-31-54-50(36-42)48-21-11-13-23-52(48)56(54)46-33-43(38-16-6-2-7-17-38)32-44(34-46)39-18-8-3-9-19-39;1-3-11-37(12-4-1)39-19-21-40(22-20-39)42-25-31-46(32-26-42)56-52-18-10-8-16-48(52)50-36-44(28-34-54(50)56)43-27-33-53-49(35-43)47-15-7-9-17-51(47)55(53)45-29-23-41(24-30-45)38-13-5-2-6-14-38;;;/h2*1-36H;3*1H4. The highest BCUT2D eigenvalue weighted by Gasteiger charge is 2.21. The van der Waals surface area contributed by atoms with Crippen LogP contribution in [0.2, 0.25) is 0 Å². The third-order valence-corrected chi connectivity index (χ3v) is 22.7. The largest absolute Gasteiger partial charge is 0.309 e. The Kier molecular flexibility index (Phi) is 19.0. The van der Waals surface area contributed by atoms with Gasteiger partial charge in [-0.2, -0.15) is 0 Å². The van der Waals surface area contributed by atoms with Crippen LogP contribution in [-0.2, 0) is 0 Å². The number of hydrogen-bond acceptors (Lipinski definition) is 0. The second kappa shape index (κ2) is 30.4. The molecule has 0 radical (unpaired) electrons. The lowest BCUT2D eigenvalue weighted by Crippen LogP contribution is -1.96. The van der Waals surface area contributed by atoms with Crippen molar-refractivity contribution in [3.63, 3.8) is 0 Å². The Morgan fingerprint density at radius 3 is 0.522 bits per heavy atom. The van der Waals surface area contributed by atoms with E-state index in [4.69, 9.17) is 0 Å². The fourth-order valence-corrected chi connectivity index (χ4v) is 17.2. The lowest BCUT2D eigenvalue weighted by Gasteiger charge is -2.14. The molecule has 22 rings (SSSR count). The zero-order chi connectivity index (χ0) is 74.0. The van der Waals surface area contributed by atoms with Crippen molar-refractivity contribution in [1.29, 1.82) is 0 Å². The van der Waals surface area contributed by atoms with E-state index in [1.54, 1.807) is 0 Å². The monoisotopic (exact) mass is 1470 g/mol. The first-order valence-corrected chi connectivity index (χ1v) is 38.5. The van der Waals surface area contributed by atoms with Crippen molar-refractivity contribution < 1.29 is 0 Å². The summed E-state index contributed by atoms with van der Waals surface area (Å²) in [5, 5.41) is 9.99. The lowest BCUT2D eigenvalue weighted by molar-refractivity contribution is 1.18. The van der Waals surface area contributed by atoms with E-state index in [0.29, 0.717) is 0 Å². The minimum atomic E-state index is 0. The Morgan fingerprint density at radius 2 is 0.278 bits per heavy atom. The molecule has 115 heavy (non-hydrogen) atoms. The van der Waals surface area contributed by atoms with Crippen LogP contribution in [0.3, 0.4) is 0 Å². The van der Waals surface area contributed by atoms with Gasteiger partial charge in [-0.15, -0.1) is 0 Å². The third-order valence-electron chi connectivity index (χ3n) is 22.7. The highest BCUT2D eigenvalue weighted by molar-refractivity contribution is 6.15. The van der Waals surface area contributed by atoms with E-state index >= 15 is 0 Å². The summed E-state index contributed by atoms with van der Waals surface area (Å²) >= 11 is 0. The summed E-state index contributed by atoms with van der Waals surface area (Å²) in [7, 11) is 0. The van der Waals surface area contributed by atoms with Crippen molar-refractivity contribution in [1.82, 2.24) is 18.3 Å². The molecule has 0 aliphatic rings. The molecule has 18 aromatic carbocycles. The molecule has 0 amide bonds. The number of para-hydroxylation sites is 4. The van der Waals surface area contributed by atoms with E-state index in [0.717, 1.165) is 22.7 Å². The summed E-state index contributed by atoms with van der Waals surface area (Å²) in [6.45, 7) is 0. The Hall–Kier alpha value is -14.8. The van der Waals surface area contributed by atoms with Crippen molar-refractivity contribution in [3.8, 4) is 112 Å². The number of rotatable bonds is 12. The van der Waals surface area contributed by atoms with Crippen LogP contribution in [0.25, 0.3) is 199 Å². The van der Waals surface area contributed by atoms with Gasteiger partial charge in [-0.05, 0) is 216 Å². The number of nitrogens with zero attached hydrogens (tertiary/aromatic N) is 4. The average molecular weight is 1470 g/mol. The molecule has 0 saturated heterocycles. The summed E-state index contributed by atoms with van der Waals surface area (Å²) in [6, 6.07) is 159. The van der Waals surface area contributed by atoms with E-state index < -0.39 is 0 Å². The second-order valence-electron chi connectivity index (χ2n) is 29.2. The van der Waals surface area contributed by atoms with Crippen molar-refractivity contribution in [2.24, 2.45) is 0 Å². The van der Waals surface area contributed by atoms with Crippen LogP contribution in [0.15, 0.2) is 437 Å². The maximum Gasteiger partial charge on any atom is 0.0541 e. The molecule has 22 aromatic rings. The Balaban J connectivity index is 0.000000155. The highest BCUT2D eigenvalue weighted by atomic mass is 15.0. The van der Waals surface area contributed by atoms with Crippen LogP contribution in [0, 0.1) is 0 Å². The zero-order valence-corrected chi connectivity index (χ0v) is 61.4. The van der Waals surface area contributed by atoms with Crippen LogP contribution in [-0.4, -0.2) is 18.3 Å². The molecule has 0 saturated carbocycles. The van der Waals surface area contributed by atoms with E-state index in [1.807, 2.05) is 0 Å². The first-order chi connectivity index (χ1) is 55.5. The lowest BCUT2D eigenvalue weighted by atomic mass is 9.98. The topological polar surface area (TPSA) is 19.7 Å². The summed E-state index contributed by atoms with van der Waals surface area (Å²) < 4.78 is 9.63. The van der Waals surface area contributed by atoms with Gasteiger partial charge in [-0.1, -0.05) is 332 Å². The molecule has 0 bridgehead atoms. The van der Waals surface area contributed by atoms with Gasteiger partial charge in [0, 0.05) is 65.8 Å². The highest BCUT2D eigenvalue weighted by Crippen LogP contribution is 2.43. The molecular weight excluding hydrogens is 1390 g/mol. The average Bonchev–Trinajstić information content (AvgIpc) is 1.59. The number of benzene rings is 18. The van der Waals surface area contributed by atoms with Gasteiger partial charge in [0.05, 0.1) is 44.1 Å². The van der Waals surface area contributed by atoms with Crippen molar-refractivity contribution in [2.45, 2.75) is 22.3 Å². The summed E-state index contributed by atoms with van der Waals surface area (Å²) in [4.78, 5) is 0. The van der Waals surface area contributed by atoms with Gasteiger partial charge in [0.1, 0.15) is 0 Å². The predicted octanol–water partition coefficient (Wildman–Crippen LogP) is 31.0. The molecule has 4 nitrogen and oxygen atoms in total. The minimum Gasteiger partial charge on any atom is -0.309 e. The predicted molar refractivity (Wildman–Crippen MR) is 494 cm³/mol. The molecule has 0 fully saturated rings. The van der Waals surface area contributed by atoms with Gasteiger partial charge in [0.2, 0.25) is 0 Å². The smallest absolute Gasteiger partial charge is 0.0541 e. The van der Waals surface area contributed by atoms with Gasteiger partial charge in [0.25, 0.3) is 0 Å². The van der Waals surface area contributed by atoms with Crippen LogP contribution >= 0.6 is 0 Å². The number of hydrogen-bond donors (Lipinski definition) is 0. The molecule has 4 aromatic heterocycles. The minimum absolute atomic E-state index is 0. The summed E-state index contributed by atoms with van der Waals surface area (Å²) in [6.07, 6.45) is 0. The molecule has 0 atom stereocenters. The normalized spacial score (nSPS) is 11.3. The van der Waals surface area contributed by atoms with Gasteiger partial charge in [-0.3, -0.25) is 0 Å². The second-order valence-corrected chi connectivity index (χ2v) is 29.2. The SMILES string of the molecule is C.C.C.c1ccc(-c2ccc(-c3ccc(-n4c5ccccc5c5cc(-c6ccc7c(c6)c6ccccc6n7-c6ccc(-c7ccccc7)cc6)ccc54)cc3)cc2)cc1.c1ccc(-c2ccc(-n3c4ccccc4c4cc(-c5ccc6c(c5)c5ccccc5n6-c5cc(-c6ccccc6)cc(-c6ccccc6)c5)ccc43)cc2)cc1. The van der Waals surface area contributed by atoms with Crippen LogP contribution in [0.4, 0.5) is 0 Å². The van der Waals surface area contributed by atoms with E-state index in [9.17, 15) is 0 Å². The van der Waals surface area contributed by atoms with E-state index in [1.165, 1.54) is 176 Å². The van der Waals surface area contributed by atoms with Crippen LogP contribution in [0.1, 0.15) is 22.3 Å². The van der Waals surface area contributed by atoms with Gasteiger partial charge in [0.15, 0.2) is 0 Å². The molecule has 0 N–H and O–H groups in total. The van der Waals surface area contributed by atoms with E-state index in [2.05, 4.69) is 455 Å². The Morgan fingerprint density at radius 1 is 0.104 bits per heavy atom. The van der Waals surface area contributed by atoms with Crippen LogP contribution in [0.5, 0.6) is 0 Å². The molecular formula is C111H84N4. The first kappa shape index (κ1) is 71.7. The third kappa shape index (κ3) is 12.9. The number of aromatic nitrogens is 4. The molecule has 4 heteroatoms. The summed E-state index contributed by atoms with van der Waals surface area (Å²) in [5.74, 6) is 0. The molecule has 0 aliphatic heterocycles. The maximum absolute atomic E-state index is 2.44. The quantitative estimate of drug-likeness (QED) is 0.116. The van der Waals surface area contributed by atoms with Crippen molar-refractivity contribution in [3.05, 3.63) is 437 Å². The molecule has 0 spiro atoms. The van der Waals surface area contributed by atoms with Crippen molar-refractivity contribution in [2.75, 3.05) is 0 Å².